The maximum atomic E-state index is 12.0. The van der Waals surface area contributed by atoms with E-state index in [4.69, 9.17) is 11.6 Å². The molecule has 0 bridgehead atoms. The Bertz CT molecular complexity index is 600. The van der Waals surface area contributed by atoms with E-state index in [1.54, 1.807) is 11.3 Å². The fourth-order valence-electron chi connectivity index (χ4n) is 1.56. The first kappa shape index (κ1) is 15.4. The van der Waals surface area contributed by atoms with E-state index in [1.165, 1.54) is 11.8 Å². The normalized spacial score (nSPS) is 12.2. The van der Waals surface area contributed by atoms with Crippen molar-refractivity contribution in [1.29, 1.82) is 0 Å². The minimum absolute atomic E-state index is 0.0113. The van der Waals surface area contributed by atoms with E-state index in [1.807, 2.05) is 43.5 Å². The summed E-state index contributed by atoms with van der Waals surface area (Å²) in [5.74, 6) is -0.0113. The minimum Gasteiger partial charge on any atom is -0.351 e. The summed E-state index contributed by atoms with van der Waals surface area (Å²) in [6, 6.07) is 7.50. The molecule has 106 valence electrons. The van der Waals surface area contributed by atoms with Gasteiger partial charge >= 0.3 is 0 Å². The molecule has 6 heteroatoms. The number of thiazole rings is 1. The molecule has 0 saturated carbocycles. The van der Waals surface area contributed by atoms with Crippen LogP contribution < -0.4 is 5.32 Å². The van der Waals surface area contributed by atoms with Gasteiger partial charge in [0.2, 0.25) is 5.91 Å². The van der Waals surface area contributed by atoms with E-state index in [2.05, 4.69) is 10.3 Å². The van der Waals surface area contributed by atoms with Crippen LogP contribution >= 0.6 is 34.7 Å². The van der Waals surface area contributed by atoms with Gasteiger partial charge in [-0.3, -0.25) is 4.79 Å². The standard InChI is InChI=1S/C14H15ClN2OS2/c1-9-8-19-14(17-9)20-10(2)13(18)16-7-11-5-3-4-6-12(11)15/h3-6,8,10H,7H2,1-2H3,(H,16,18)/t10-/m1/s1. The zero-order chi connectivity index (χ0) is 14.5. The molecule has 1 amide bonds. The van der Waals surface area contributed by atoms with Crippen molar-refractivity contribution in [2.75, 3.05) is 0 Å². The van der Waals surface area contributed by atoms with Gasteiger partial charge in [-0.2, -0.15) is 0 Å². The summed E-state index contributed by atoms with van der Waals surface area (Å²) in [7, 11) is 0. The molecule has 0 unspecified atom stereocenters. The van der Waals surface area contributed by atoms with Crippen molar-refractivity contribution in [3.63, 3.8) is 0 Å². The zero-order valence-corrected chi connectivity index (χ0v) is 13.6. The van der Waals surface area contributed by atoms with Gasteiger partial charge in [-0.15, -0.1) is 11.3 Å². The van der Waals surface area contributed by atoms with E-state index in [0.29, 0.717) is 11.6 Å². The van der Waals surface area contributed by atoms with Crippen molar-refractivity contribution < 1.29 is 4.79 Å². The van der Waals surface area contributed by atoms with Gasteiger partial charge in [0.05, 0.1) is 5.25 Å². The largest absolute Gasteiger partial charge is 0.351 e. The number of rotatable bonds is 5. The zero-order valence-electron chi connectivity index (χ0n) is 11.2. The Morgan fingerprint density at radius 2 is 2.25 bits per heavy atom. The summed E-state index contributed by atoms with van der Waals surface area (Å²) in [5.41, 5.74) is 1.91. The Kier molecular flexibility index (Phi) is 5.46. The van der Waals surface area contributed by atoms with Crippen LogP contribution in [-0.4, -0.2) is 16.1 Å². The van der Waals surface area contributed by atoms with Crippen LogP contribution in [0.15, 0.2) is 34.0 Å². The third-order valence-electron chi connectivity index (χ3n) is 2.66. The number of hydrogen-bond acceptors (Lipinski definition) is 4. The lowest BCUT2D eigenvalue weighted by Gasteiger charge is -2.11. The third kappa shape index (κ3) is 4.23. The lowest BCUT2D eigenvalue weighted by atomic mass is 10.2. The first-order chi connectivity index (χ1) is 9.56. The van der Waals surface area contributed by atoms with Gasteiger partial charge in [-0.05, 0) is 25.5 Å². The van der Waals surface area contributed by atoms with Crippen LogP contribution in [-0.2, 0) is 11.3 Å². The van der Waals surface area contributed by atoms with Gasteiger partial charge in [-0.25, -0.2) is 4.98 Å². The van der Waals surface area contributed by atoms with Gasteiger partial charge in [0.15, 0.2) is 4.34 Å². The monoisotopic (exact) mass is 326 g/mol. The molecule has 1 aromatic heterocycles. The predicted molar refractivity (Wildman–Crippen MR) is 85.5 cm³/mol. The Hall–Kier alpha value is -1.04. The van der Waals surface area contributed by atoms with Crippen LogP contribution in [0.25, 0.3) is 0 Å². The second-order valence-corrected chi connectivity index (χ2v) is 7.18. The molecular weight excluding hydrogens is 312 g/mol. The summed E-state index contributed by atoms with van der Waals surface area (Å²) in [6.45, 7) is 4.27. The number of nitrogens with zero attached hydrogens (tertiary/aromatic N) is 1. The molecule has 0 spiro atoms. The first-order valence-corrected chi connectivity index (χ1v) is 8.30. The van der Waals surface area contributed by atoms with Gasteiger partial charge in [0.1, 0.15) is 0 Å². The number of benzene rings is 1. The molecule has 1 N–H and O–H groups in total. The van der Waals surface area contributed by atoms with Crippen molar-refractivity contribution >= 4 is 40.6 Å². The van der Waals surface area contributed by atoms with Crippen LogP contribution in [0.2, 0.25) is 5.02 Å². The van der Waals surface area contributed by atoms with Crippen LogP contribution in [0, 0.1) is 6.92 Å². The Morgan fingerprint density at radius 3 is 2.90 bits per heavy atom. The number of halogens is 1. The molecule has 1 aromatic carbocycles. The molecular formula is C14H15ClN2OS2. The van der Waals surface area contributed by atoms with Gasteiger partial charge in [0.25, 0.3) is 0 Å². The molecule has 2 rings (SSSR count). The summed E-state index contributed by atoms with van der Waals surface area (Å²) in [4.78, 5) is 16.4. The molecule has 1 atom stereocenters. The number of aromatic nitrogens is 1. The van der Waals surface area contributed by atoms with E-state index < -0.39 is 0 Å². The Labute approximate surface area is 131 Å². The second kappa shape index (κ2) is 7.11. The van der Waals surface area contributed by atoms with E-state index in [-0.39, 0.29) is 11.2 Å². The lowest BCUT2D eigenvalue weighted by molar-refractivity contribution is -0.120. The summed E-state index contributed by atoms with van der Waals surface area (Å²) < 4.78 is 0.919. The highest BCUT2D eigenvalue weighted by atomic mass is 35.5. The topological polar surface area (TPSA) is 42.0 Å². The molecule has 0 fully saturated rings. The van der Waals surface area contributed by atoms with Crippen LogP contribution in [0.3, 0.4) is 0 Å². The fraction of sp³-hybridized carbons (Fsp3) is 0.286. The van der Waals surface area contributed by atoms with Gasteiger partial charge < -0.3 is 5.32 Å². The molecule has 0 radical (unpaired) electrons. The van der Waals surface area contributed by atoms with Crippen molar-refractivity contribution in [1.82, 2.24) is 10.3 Å². The van der Waals surface area contributed by atoms with E-state index >= 15 is 0 Å². The van der Waals surface area contributed by atoms with Crippen LogP contribution in [0.1, 0.15) is 18.2 Å². The van der Waals surface area contributed by atoms with Crippen molar-refractivity contribution in [3.05, 3.63) is 45.9 Å². The lowest BCUT2D eigenvalue weighted by Crippen LogP contribution is -2.30. The molecule has 0 aliphatic carbocycles. The average Bonchev–Trinajstić information content (AvgIpc) is 2.82. The highest BCUT2D eigenvalue weighted by Gasteiger charge is 2.16. The maximum absolute atomic E-state index is 12.0. The second-order valence-electron chi connectivity index (χ2n) is 4.32. The summed E-state index contributed by atoms with van der Waals surface area (Å²) in [6.07, 6.45) is 0. The molecule has 20 heavy (non-hydrogen) atoms. The molecule has 0 saturated heterocycles. The number of hydrogen-bond donors (Lipinski definition) is 1. The number of nitrogens with one attached hydrogen (secondary N) is 1. The highest BCUT2D eigenvalue weighted by Crippen LogP contribution is 2.26. The number of amides is 1. The number of thioether (sulfide) groups is 1. The predicted octanol–water partition coefficient (Wildman–Crippen LogP) is 3.90. The molecule has 3 nitrogen and oxygen atoms in total. The Balaban J connectivity index is 1.87. The number of carbonyl (C=O) groups is 1. The van der Waals surface area contributed by atoms with Gasteiger partial charge in [-0.1, -0.05) is 41.6 Å². The van der Waals surface area contributed by atoms with Crippen molar-refractivity contribution in [2.45, 2.75) is 30.0 Å². The van der Waals surface area contributed by atoms with Crippen LogP contribution in [0.5, 0.6) is 0 Å². The highest BCUT2D eigenvalue weighted by molar-refractivity contribution is 8.02. The minimum atomic E-state index is -0.178. The molecule has 0 aliphatic heterocycles. The quantitative estimate of drug-likeness (QED) is 0.847. The SMILES string of the molecule is Cc1csc(S[C@H](C)C(=O)NCc2ccccc2Cl)n1. The maximum Gasteiger partial charge on any atom is 0.233 e. The summed E-state index contributed by atoms with van der Waals surface area (Å²) in [5, 5.41) is 5.37. The van der Waals surface area contributed by atoms with Crippen molar-refractivity contribution in [3.8, 4) is 0 Å². The molecule has 2 aromatic rings. The summed E-state index contributed by atoms with van der Waals surface area (Å²) >= 11 is 9.09. The number of carbonyl (C=O) groups excluding carboxylic acids is 1. The average molecular weight is 327 g/mol. The van der Waals surface area contributed by atoms with E-state index in [9.17, 15) is 4.79 Å². The van der Waals surface area contributed by atoms with Crippen LogP contribution in [0.4, 0.5) is 0 Å². The smallest absolute Gasteiger partial charge is 0.233 e. The third-order valence-corrected chi connectivity index (χ3v) is 5.21. The van der Waals surface area contributed by atoms with E-state index in [0.717, 1.165) is 15.6 Å². The fourth-order valence-corrected chi connectivity index (χ4v) is 3.77. The van der Waals surface area contributed by atoms with Crippen molar-refractivity contribution in [2.24, 2.45) is 0 Å². The van der Waals surface area contributed by atoms with Gasteiger partial charge in [0, 0.05) is 22.6 Å². The first-order valence-electron chi connectivity index (χ1n) is 6.16. The Morgan fingerprint density at radius 1 is 1.50 bits per heavy atom. The number of aryl methyl sites for hydroxylation is 1. The molecule has 0 aliphatic rings. The molecule has 1 heterocycles.